The van der Waals surface area contributed by atoms with Crippen LogP contribution in [0, 0.1) is 5.41 Å². The molecule has 0 fully saturated rings. The molecule has 0 aromatic rings. The number of hydrogen-bond acceptors (Lipinski definition) is 2. The summed E-state index contributed by atoms with van der Waals surface area (Å²) in [5.74, 6) is 0. The maximum absolute atomic E-state index is 7.18. The van der Waals surface area contributed by atoms with Crippen molar-refractivity contribution in [2.24, 2.45) is 0 Å². The van der Waals surface area contributed by atoms with Crippen LogP contribution in [0.25, 0.3) is 0 Å². The van der Waals surface area contributed by atoms with Gasteiger partial charge in [-0.1, -0.05) is 12.2 Å². The maximum atomic E-state index is 7.18. The normalized spacial score (nSPS) is 18.5. The van der Waals surface area contributed by atoms with Gasteiger partial charge in [-0.15, -0.1) is 0 Å². The van der Waals surface area contributed by atoms with Crippen LogP contribution >= 0.6 is 0 Å². The Labute approximate surface area is 67.7 Å². The lowest BCUT2D eigenvalue weighted by molar-refractivity contribution is 0.480. The van der Waals surface area contributed by atoms with Gasteiger partial charge in [0.15, 0.2) is 0 Å². The molecule has 11 heavy (non-hydrogen) atoms. The van der Waals surface area contributed by atoms with Crippen LogP contribution in [-0.2, 0) is 0 Å². The van der Waals surface area contributed by atoms with Crippen molar-refractivity contribution in [1.82, 2.24) is 4.90 Å². The van der Waals surface area contributed by atoms with Gasteiger partial charge in [-0.3, -0.25) is 0 Å². The van der Waals surface area contributed by atoms with Crippen LogP contribution in [-0.4, -0.2) is 24.7 Å². The maximum Gasteiger partial charge on any atom is 0.0575 e. The summed E-state index contributed by atoms with van der Waals surface area (Å²) in [6.07, 6.45) is 6.62. The van der Waals surface area contributed by atoms with E-state index in [1.807, 2.05) is 20.0 Å². The van der Waals surface area contributed by atoms with Crippen LogP contribution in [0.2, 0.25) is 0 Å². The number of nitrogens with one attached hydrogen (secondary N) is 1. The van der Waals surface area contributed by atoms with Gasteiger partial charge in [0.2, 0.25) is 0 Å². The molecule has 2 nitrogen and oxygen atoms in total. The summed E-state index contributed by atoms with van der Waals surface area (Å²) in [5, 5.41) is 7.18. The quantitative estimate of drug-likeness (QED) is 0.597. The molecule has 0 unspecified atom stereocenters. The molecule has 0 saturated carbocycles. The zero-order valence-electron chi connectivity index (χ0n) is 7.09. The Kier molecular flexibility index (Phi) is 2.47. The fourth-order valence-corrected chi connectivity index (χ4v) is 1.35. The summed E-state index contributed by atoms with van der Waals surface area (Å²) in [6, 6.07) is 0. The molecular formula is C9H14N2. The van der Waals surface area contributed by atoms with Crippen molar-refractivity contribution in [3.8, 4) is 0 Å². The zero-order chi connectivity index (χ0) is 8.27. The molecule has 0 aromatic carbocycles. The van der Waals surface area contributed by atoms with Gasteiger partial charge in [0.1, 0.15) is 0 Å². The summed E-state index contributed by atoms with van der Waals surface area (Å²) < 4.78 is 0. The van der Waals surface area contributed by atoms with Crippen LogP contribution in [0.4, 0.5) is 0 Å². The van der Waals surface area contributed by atoms with Crippen molar-refractivity contribution < 1.29 is 0 Å². The minimum Gasteiger partial charge on any atom is -0.373 e. The van der Waals surface area contributed by atoms with E-state index in [1.165, 1.54) is 11.8 Å². The second kappa shape index (κ2) is 3.37. The Bertz CT molecular complexity index is 214. The first-order chi connectivity index (χ1) is 5.29. The first-order valence-electron chi connectivity index (χ1n) is 3.87. The highest BCUT2D eigenvalue weighted by molar-refractivity contribution is 5.77. The van der Waals surface area contributed by atoms with E-state index in [0.717, 1.165) is 18.7 Å². The SMILES string of the molecule is C/C=C\C1=C(C=N)N(C)CC1. The molecule has 0 radical (unpaired) electrons. The number of nitrogens with zero attached hydrogens (tertiary/aromatic N) is 1. The molecule has 2 heteroatoms. The van der Waals surface area contributed by atoms with Gasteiger partial charge in [0.25, 0.3) is 0 Å². The van der Waals surface area contributed by atoms with E-state index in [2.05, 4.69) is 11.0 Å². The van der Waals surface area contributed by atoms with E-state index >= 15 is 0 Å². The molecule has 1 aliphatic rings. The smallest absolute Gasteiger partial charge is 0.0575 e. The average molecular weight is 150 g/mol. The molecule has 1 heterocycles. The molecule has 0 amide bonds. The van der Waals surface area contributed by atoms with Crippen molar-refractivity contribution in [3.05, 3.63) is 23.4 Å². The van der Waals surface area contributed by atoms with Crippen LogP contribution in [0.1, 0.15) is 13.3 Å². The second-order valence-electron chi connectivity index (χ2n) is 2.73. The van der Waals surface area contributed by atoms with Crippen molar-refractivity contribution >= 4 is 6.21 Å². The molecular weight excluding hydrogens is 136 g/mol. The monoisotopic (exact) mass is 150 g/mol. The van der Waals surface area contributed by atoms with Gasteiger partial charge in [0, 0.05) is 19.8 Å². The molecule has 0 aromatic heterocycles. The lowest BCUT2D eigenvalue weighted by Gasteiger charge is -2.10. The van der Waals surface area contributed by atoms with Crippen molar-refractivity contribution in [3.63, 3.8) is 0 Å². The van der Waals surface area contributed by atoms with E-state index in [4.69, 9.17) is 5.41 Å². The third-order valence-corrected chi connectivity index (χ3v) is 1.96. The highest BCUT2D eigenvalue weighted by atomic mass is 15.1. The third kappa shape index (κ3) is 1.50. The lowest BCUT2D eigenvalue weighted by atomic mass is 10.2. The minimum atomic E-state index is 1.05. The number of allylic oxidation sites excluding steroid dienone is 3. The van der Waals surface area contributed by atoms with Gasteiger partial charge < -0.3 is 10.3 Å². The predicted octanol–water partition coefficient (Wildman–Crippen LogP) is 1.80. The lowest BCUT2D eigenvalue weighted by Crippen LogP contribution is -2.13. The fourth-order valence-electron chi connectivity index (χ4n) is 1.35. The van der Waals surface area contributed by atoms with E-state index in [9.17, 15) is 0 Å². The van der Waals surface area contributed by atoms with Gasteiger partial charge in [0.05, 0.1) is 5.70 Å². The Morgan fingerprint density at radius 2 is 2.27 bits per heavy atom. The number of hydrogen-bond donors (Lipinski definition) is 1. The van der Waals surface area contributed by atoms with Gasteiger partial charge in [-0.05, 0) is 18.9 Å². The Balaban J connectivity index is 2.88. The van der Waals surface area contributed by atoms with Gasteiger partial charge >= 0.3 is 0 Å². The molecule has 0 aliphatic carbocycles. The molecule has 1 rings (SSSR count). The zero-order valence-corrected chi connectivity index (χ0v) is 7.09. The largest absolute Gasteiger partial charge is 0.373 e. The average Bonchev–Trinajstić information content (AvgIpc) is 2.33. The molecule has 60 valence electrons. The van der Waals surface area contributed by atoms with Crippen molar-refractivity contribution in [1.29, 1.82) is 5.41 Å². The van der Waals surface area contributed by atoms with Crippen LogP contribution in [0.15, 0.2) is 23.4 Å². The molecule has 0 spiro atoms. The topological polar surface area (TPSA) is 27.1 Å². The Hall–Kier alpha value is -1.05. The highest BCUT2D eigenvalue weighted by Crippen LogP contribution is 2.20. The molecule has 0 atom stereocenters. The Morgan fingerprint density at radius 1 is 1.55 bits per heavy atom. The summed E-state index contributed by atoms with van der Waals surface area (Å²) in [4.78, 5) is 2.11. The summed E-state index contributed by atoms with van der Waals surface area (Å²) in [7, 11) is 2.02. The molecule has 0 saturated heterocycles. The van der Waals surface area contributed by atoms with Crippen molar-refractivity contribution in [2.45, 2.75) is 13.3 Å². The Morgan fingerprint density at radius 3 is 2.82 bits per heavy atom. The first-order valence-corrected chi connectivity index (χ1v) is 3.87. The number of rotatable bonds is 2. The van der Waals surface area contributed by atoms with E-state index in [-0.39, 0.29) is 0 Å². The minimum absolute atomic E-state index is 1.05. The van der Waals surface area contributed by atoms with Gasteiger partial charge in [-0.25, -0.2) is 0 Å². The van der Waals surface area contributed by atoms with Crippen LogP contribution in [0.3, 0.4) is 0 Å². The summed E-state index contributed by atoms with van der Waals surface area (Å²) in [6.45, 7) is 3.05. The predicted molar refractivity (Wildman–Crippen MR) is 47.9 cm³/mol. The summed E-state index contributed by atoms with van der Waals surface area (Å²) in [5.41, 5.74) is 2.34. The fraction of sp³-hybridized carbons (Fsp3) is 0.444. The first kappa shape index (κ1) is 8.05. The highest BCUT2D eigenvalue weighted by Gasteiger charge is 2.14. The summed E-state index contributed by atoms with van der Waals surface area (Å²) >= 11 is 0. The van der Waals surface area contributed by atoms with E-state index in [0.29, 0.717) is 0 Å². The standard InChI is InChI=1S/C9H14N2/c1-3-4-8-5-6-11(2)9(8)7-10/h3-4,7,10H,5-6H2,1-2H3/b4-3-,10-7?. The van der Waals surface area contributed by atoms with E-state index in [1.54, 1.807) is 0 Å². The van der Waals surface area contributed by atoms with Crippen LogP contribution in [0.5, 0.6) is 0 Å². The van der Waals surface area contributed by atoms with Crippen molar-refractivity contribution in [2.75, 3.05) is 13.6 Å². The second-order valence-corrected chi connectivity index (χ2v) is 2.73. The van der Waals surface area contributed by atoms with E-state index < -0.39 is 0 Å². The molecule has 1 aliphatic heterocycles. The molecule has 0 bridgehead atoms. The third-order valence-electron chi connectivity index (χ3n) is 1.96. The van der Waals surface area contributed by atoms with Crippen LogP contribution < -0.4 is 0 Å². The van der Waals surface area contributed by atoms with Gasteiger partial charge in [-0.2, -0.15) is 0 Å². The molecule has 1 N–H and O–H groups in total.